The van der Waals surface area contributed by atoms with Crippen molar-refractivity contribution in [2.24, 2.45) is 5.73 Å². The van der Waals surface area contributed by atoms with E-state index in [1.807, 2.05) is 38.2 Å². The number of rotatable bonds is 3. The standard InChI is InChI=1S/C12H13BrN2O.C2H6/c1-7(16)11(14)5-8-6-15-12-9(8)3-2-4-10(12)13;1-2/h2-4,6,11,15-16H,1,5,14H2;1-2H3. The highest BCUT2D eigenvalue weighted by atomic mass is 79.9. The average Bonchev–Trinajstić information content (AvgIpc) is 2.76. The smallest absolute Gasteiger partial charge is 0.102 e. The van der Waals surface area contributed by atoms with Gasteiger partial charge in [-0.15, -0.1) is 0 Å². The average molecular weight is 311 g/mol. The minimum absolute atomic E-state index is 0.0179. The van der Waals surface area contributed by atoms with Crippen molar-refractivity contribution in [1.29, 1.82) is 0 Å². The molecule has 0 aliphatic rings. The van der Waals surface area contributed by atoms with Crippen LogP contribution in [0, 0.1) is 0 Å². The zero-order chi connectivity index (χ0) is 13.7. The maximum absolute atomic E-state index is 9.21. The van der Waals surface area contributed by atoms with E-state index in [0.29, 0.717) is 6.42 Å². The topological polar surface area (TPSA) is 62.0 Å². The lowest BCUT2D eigenvalue weighted by Crippen LogP contribution is -2.24. The number of aliphatic hydroxyl groups is 1. The Morgan fingerprint density at radius 2 is 2.17 bits per heavy atom. The molecule has 0 aliphatic heterocycles. The quantitative estimate of drug-likeness (QED) is 0.753. The zero-order valence-corrected chi connectivity index (χ0v) is 12.3. The molecule has 1 aromatic heterocycles. The first-order valence-corrected chi connectivity index (χ1v) is 6.76. The van der Waals surface area contributed by atoms with Gasteiger partial charge < -0.3 is 15.8 Å². The van der Waals surface area contributed by atoms with Crippen LogP contribution in [0.4, 0.5) is 0 Å². The van der Waals surface area contributed by atoms with E-state index < -0.39 is 6.04 Å². The number of aromatic amines is 1. The minimum Gasteiger partial charge on any atom is -0.511 e. The highest BCUT2D eigenvalue weighted by Gasteiger charge is 2.11. The number of hydrogen-bond donors (Lipinski definition) is 3. The summed E-state index contributed by atoms with van der Waals surface area (Å²) in [5.41, 5.74) is 7.89. The van der Waals surface area contributed by atoms with Crippen LogP contribution in [-0.2, 0) is 6.42 Å². The minimum atomic E-state index is -0.419. The number of para-hydroxylation sites is 1. The molecule has 1 atom stereocenters. The Morgan fingerprint density at radius 1 is 1.50 bits per heavy atom. The highest BCUT2D eigenvalue weighted by Crippen LogP contribution is 2.26. The van der Waals surface area contributed by atoms with Crippen LogP contribution >= 0.6 is 15.9 Å². The number of nitrogens with one attached hydrogen (secondary N) is 1. The zero-order valence-electron chi connectivity index (χ0n) is 10.7. The number of aliphatic hydroxyl groups excluding tert-OH is 1. The van der Waals surface area contributed by atoms with Crippen LogP contribution in [0.25, 0.3) is 10.9 Å². The van der Waals surface area contributed by atoms with Crippen LogP contribution in [0.3, 0.4) is 0 Å². The second-order valence-electron chi connectivity index (χ2n) is 3.78. The summed E-state index contributed by atoms with van der Waals surface area (Å²) in [5.74, 6) is 0.0179. The molecule has 0 saturated carbocycles. The van der Waals surface area contributed by atoms with Crippen molar-refractivity contribution < 1.29 is 5.11 Å². The van der Waals surface area contributed by atoms with E-state index in [1.165, 1.54) is 0 Å². The van der Waals surface area contributed by atoms with Gasteiger partial charge in [0.15, 0.2) is 0 Å². The van der Waals surface area contributed by atoms with Crippen molar-refractivity contribution >= 4 is 26.8 Å². The Kier molecular flexibility index (Phi) is 5.44. The predicted molar refractivity (Wildman–Crippen MR) is 80.8 cm³/mol. The van der Waals surface area contributed by atoms with Crippen molar-refractivity contribution in [3.05, 3.63) is 46.8 Å². The fourth-order valence-electron chi connectivity index (χ4n) is 1.70. The van der Waals surface area contributed by atoms with Gasteiger partial charge in [-0.25, -0.2) is 0 Å². The van der Waals surface area contributed by atoms with Crippen molar-refractivity contribution in [2.75, 3.05) is 0 Å². The number of benzene rings is 1. The van der Waals surface area contributed by atoms with Gasteiger partial charge >= 0.3 is 0 Å². The molecule has 0 fully saturated rings. The lowest BCUT2D eigenvalue weighted by Gasteiger charge is -2.08. The van der Waals surface area contributed by atoms with Gasteiger partial charge in [-0.05, 0) is 34.0 Å². The van der Waals surface area contributed by atoms with E-state index in [4.69, 9.17) is 5.73 Å². The third-order valence-corrected chi connectivity index (χ3v) is 3.28. The molecular formula is C14H19BrN2O. The van der Waals surface area contributed by atoms with Crippen LogP contribution in [0.15, 0.2) is 41.2 Å². The molecule has 0 saturated heterocycles. The Labute approximate surface area is 116 Å². The van der Waals surface area contributed by atoms with Crippen LogP contribution < -0.4 is 5.73 Å². The van der Waals surface area contributed by atoms with Gasteiger partial charge in [-0.1, -0.05) is 32.6 Å². The highest BCUT2D eigenvalue weighted by molar-refractivity contribution is 9.10. The molecule has 2 aromatic rings. The van der Waals surface area contributed by atoms with E-state index in [-0.39, 0.29) is 5.76 Å². The van der Waals surface area contributed by atoms with E-state index >= 15 is 0 Å². The molecule has 18 heavy (non-hydrogen) atoms. The molecule has 0 amide bonds. The number of H-pyrrole nitrogens is 1. The van der Waals surface area contributed by atoms with Gasteiger partial charge in [-0.2, -0.15) is 0 Å². The molecule has 98 valence electrons. The van der Waals surface area contributed by atoms with Crippen molar-refractivity contribution in [3.8, 4) is 0 Å². The number of hydrogen-bond acceptors (Lipinski definition) is 2. The predicted octanol–water partition coefficient (Wildman–Crippen LogP) is 3.90. The summed E-state index contributed by atoms with van der Waals surface area (Å²) in [6, 6.07) is 5.56. The fourth-order valence-corrected chi connectivity index (χ4v) is 2.18. The first kappa shape index (κ1) is 14.8. The maximum Gasteiger partial charge on any atom is 0.102 e. The van der Waals surface area contributed by atoms with Crippen LogP contribution in [-0.4, -0.2) is 16.1 Å². The van der Waals surface area contributed by atoms with Crippen molar-refractivity contribution in [1.82, 2.24) is 4.98 Å². The van der Waals surface area contributed by atoms with E-state index in [0.717, 1.165) is 20.9 Å². The first-order valence-electron chi connectivity index (χ1n) is 5.97. The maximum atomic E-state index is 9.21. The Balaban J connectivity index is 0.000000771. The van der Waals surface area contributed by atoms with Crippen LogP contribution in [0.2, 0.25) is 0 Å². The van der Waals surface area contributed by atoms with Gasteiger partial charge in [0.1, 0.15) is 5.76 Å². The summed E-state index contributed by atoms with van der Waals surface area (Å²) >= 11 is 3.48. The molecule has 0 bridgehead atoms. The van der Waals surface area contributed by atoms with E-state index in [9.17, 15) is 5.11 Å². The Bertz CT molecular complexity index is 534. The van der Waals surface area contributed by atoms with E-state index in [1.54, 1.807) is 0 Å². The summed E-state index contributed by atoms with van der Waals surface area (Å²) in [6.07, 6.45) is 2.49. The molecule has 4 heteroatoms. The molecule has 0 radical (unpaired) electrons. The lowest BCUT2D eigenvalue weighted by atomic mass is 10.0. The Hall–Kier alpha value is -1.26. The van der Waals surface area contributed by atoms with Gasteiger partial charge in [0, 0.05) is 16.1 Å². The number of halogens is 1. The lowest BCUT2D eigenvalue weighted by molar-refractivity contribution is 0.369. The molecule has 2 rings (SSSR count). The van der Waals surface area contributed by atoms with Crippen LogP contribution in [0.5, 0.6) is 0 Å². The number of aromatic nitrogens is 1. The number of fused-ring (bicyclic) bond motifs is 1. The molecule has 1 aromatic carbocycles. The third kappa shape index (κ3) is 3.15. The second kappa shape index (κ2) is 6.61. The summed E-state index contributed by atoms with van der Waals surface area (Å²) in [4.78, 5) is 3.19. The SMILES string of the molecule is C=C(O)C(N)Cc1c[nH]c2c(Br)cccc12.CC. The molecule has 1 heterocycles. The molecule has 0 spiro atoms. The monoisotopic (exact) mass is 310 g/mol. The summed E-state index contributed by atoms with van der Waals surface area (Å²) in [7, 11) is 0. The third-order valence-electron chi connectivity index (χ3n) is 2.62. The number of nitrogens with two attached hydrogens (primary N) is 1. The van der Waals surface area contributed by atoms with Gasteiger partial charge in [-0.3, -0.25) is 0 Å². The van der Waals surface area contributed by atoms with E-state index in [2.05, 4.69) is 27.5 Å². The first-order chi connectivity index (χ1) is 8.59. The fraction of sp³-hybridized carbons (Fsp3) is 0.286. The summed E-state index contributed by atoms with van der Waals surface area (Å²) in [5, 5.41) is 10.3. The van der Waals surface area contributed by atoms with Gasteiger partial charge in [0.2, 0.25) is 0 Å². The molecule has 4 N–H and O–H groups in total. The molecule has 3 nitrogen and oxygen atoms in total. The Morgan fingerprint density at radius 3 is 2.78 bits per heavy atom. The van der Waals surface area contributed by atoms with Crippen LogP contribution in [0.1, 0.15) is 19.4 Å². The second-order valence-corrected chi connectivity index (χ2v) is 4.63. The van der Waals surface area contributed by atoms with Gasteiger partial charge in [0.05, 0.1) is 11.6 Å². The van der Waals surface area contributed by atoms with Crippen molar-refractivity contribution in [2.45, 2.75) is 26.3 Å². The molecular weight excluding hydrogens is 292 g/mol. The molecule has 1 unspecified atom stereocenters. The molecule has 0 aliphatic carbocycles. The largest absolute Gasteiger partial charge is 0.511 e. The summed E-state index contributed by atoms with van der Waals surface area (Å²) in [6.45, 7) is 7.44. The van der Waals surface area contributed by atoms with Gasteiger partial charge in [0.25, 0.3) is 0 Å². The summed E-state index contributed by atoms with van der Waals surface area (Å²) < 4.78 is 1.02. The normalized spacial score (nSPS) is 11.8. The van der Waals surface area contributed by atoms with Crippen molar-refractivity contribution in [3.63, 3.8) is 0 Å².